The second-order valence-corrected chi connectivity index (χ2v) is 8.94. The van der Waals surface area contributed by atoms with Crippen molar-refractivity contribution < 1.29 is 27.4 Å². The summed E-state index contributed by atoms with van der Waals surface area (Å²) in [5, 5.41) is 4.39. The van der Waals surface area contributed by atoms with Crippen molar-refractivity contribution >= 4 is 32.4 Å². The molecule has 0 aliphatic rings. The lowest BCUT2D eigenvalue weighted by Crippen LogP contribution is -2.40. The average Bonchev–Trinajstić information content (AvgIpc) is 2.79. The third kappa shape index (κ3) is 4.88. The van der Waals surface area contributed by atoms with E-state index in [1.807, 2.05) is 30.3 Å². The minimum Gasteiger partial charge on any atom is -0.493 e. The number of rotatable bonds is 9. The maximum atomic E-state index is 12.7. The molecule has 0 radical (unpaired) electrons. The molecule has 0 spiro atoms. The third-order valence-electron chi connectivity index (χ3n) is 4.98. The number of ether oxygens (including phenoxy) is 3. The van der Waals surface area contributed by atoms with Crippen LogP contribution in [0.3, 0.4) is 0 Å². The summed E-state index contributed by atoms with van der Waals surface area (Å²) in [5.74, 6) is 0.885. The summed E-state index contributed by atoms with van der Waals surface area (Å²) in [4.78, 5) is 12.7. The van der Waals surface area contributed by atoms with Gasteiger partial charge in [0.05, 0.1) is 33.3 Å². The number of nitrogens with zero attached hydrogens (tertiary/aromatic N) is 1. The Bertz CT molecular complexity index is 1220. The monoisotopic (exact) mass is 458 g/mol. The Hall–Kier alpha value is -3.46. The molecule has 0 aliphatic carbocycles. The molecule has 170 valence electrons. The first-order chi connectivity index (χ1) is 15.3. The van der Waals surface area contributed by atoms with Crippen LogP contribution in [0.5, 0.6) is 17.2 Å². The number of hydrogen-bond donors (Lipinski definition) is 1. The van der Waals surface area contributed by atoms with Gasteiger partial charge >= 0.3 is 0 Å². The molecule has 8 nitrogen and oxygen atoms in total. The van der Waals surface area contributed by atoms with Crippen LogP contribution < -0.4 is 23.8 Å². The second kappa shape index (κ2) is 9.78. The van der Waals surface area contributed by atoms with Crippen molar-refractivity contribution in [3.8, 4) is 17.2 Å². The van der Waals surface area contributed by atoms with E-state index in [2.05, 4.69) is 5.32 Å². The predicted octanol–water partition coefficient (Wildman–Crippen LogP) is 2.95. The summed E-state index contributed by atoms with van der Waals surface area (Å²) in [7, 11) is 0.802. The molecule has 3 rings (SSSR count). The summed E-state index contributed by atoms with van der Waals surface area (Å²) in [6.07, 6.45) is 1.08. The van der Waals surface area contributed by atoms with Crippen LogP contribution in [-0.4, -0.2) is 48.5 Å². The molecule has 0 bridgehead atoms. The van der Waals surface area contributed by atoms with E-state index in [1.54, 1.807) is 24.3 Å². The zero-order chi connectivity index (χ0) is 23.3. The Kier molecular flexibility index (Phi) is 7.09. The van der Waals surface area contributed by atoms with Gasteiger partial charge in [-0.25, -0.2) is 8.42 Å². The lowest BCUT2D eigenvalue weighted by atomic mass is 10.1. The molecule has 0 aromatic heterocycles. The number of methoxy groups -OCH3 is 3. The fourth-order valence-corrected chi connectivity index (χ4v) is 4.36. The summed E-state index contributed by atoms with van der Waals surface area (Å²) >= 11 is 0. The maximum Gasteiger partial charge on any atom is 0.241 e. The van der Waals surface area contributed by atoms with Gasteiger partial charge in [-0.2, -0.15) is 0 Å². The van der Waals surface area contributed by atoms with Crippen molar-refractivity contribution in [2.75, 3.05) is 38.4 Å². The van der Waals surface area contributed by atoms with Crippen LogP contribution >= 0.6 is 0 Å². The van der Waals surface area contributed by atoms with Gasteiger partial charge in [-0.15, -0.1) is 0 Å². The second-order valence-electron chi connectivity index (χ2n) is 7.04. The Balaban J connectivity index is 1.84. The van der Waals surface area contributed by atoms with Gasteiger partial charge in [0, 0.05) is 17.5 Å². The molecular weight excluding hydrogens is 432 g/mol. The number of carbonyl (C=O) groups excluding carboxylic acids is 1. The number of carbonyl (C=O) groups is 1. The Morgan fingerprint density at radius 3 is 2.25 bits per heavy atom. The number of amides is 1. The molecule has 0 saturated heterocycles. The summed E-state index contributed by atoms with van der Waals surface area (Å²) in [6, 6.07) is 16.2. The van der Waals surface area contributed by atoms with Gasteiger partial charge in [-0.1, -0.05) is 36.4 Å². The van der Waals surface area contributed by atoms with Crippen LogP contribution in [0.1, 0.15) is 5.56 Å². The van der Waals surface area contributed by atoms with Gasteiger partial charge < -0.3 is 19.5 Å². The van der Waals surface area contributed by atoms with Gasteiger partial charge in [0.1, 0.15) is 6.54 Å². The van der Waals surface area contributed by atoms with E-state index in [1.165, 1.54) is 21.3 Å². The van der Waals surface area contributed by atoms with Crippen molar-refractivity contribution in [2.24, 2.45) is 0 Å². The third-order valence-corrected chi connectivity index (χ3v) is 6.11. The van der Waals surface area contributed by atoms with Crippen LogP contribution in [0, 0.1) is 0 Å². The van der Waals surface area contributed by atoms with Gasteiger partial charge in [-0.3, -0.25) is 9.10 Å². The first kappa shape index (κ1) is 23.2. The number of anilines is 1. The van der Waals surface area contributed by atoms with Crippen LogP contribution in [0.15, 0.2) is 54.6 Å². The lowest BCUT2D eigenvalue weighted by Gasteiger charge is -2.23. The van der Waals surface area contributed by atoms with E-state index in [-0.39, 0.29) is 13.1 Å². The molecule has 3 aromatic carbocycles. The molecule has 9 heteroatoms. The van der Waals surface area contributed by atoms with E-state index in [0.29, 0.717) is 28.5 Å². The molecule has 0 unspecified atom stereocenters. The van der Waals surface area contributed by atoms with Gasteiger partial charge in [0.2, 0.25) is 21.7 Å². The van der Waals surface area contributed by atoms with Gasteiger partial charge in [-0.05, 0) is 23.6 Å². The normalized spacial score (nSPS) is 11.1. The topological polar surface area (TPSA) is 94.2 Å². The minimum atomic E-state index is -3.71. The molecule has 0 saturated carbocycles. The van der Waals surface area contributed by atoms with Crippen LogP contribution in [0.2, 0.25) is 0 Å². The Morgan fingerprint density at radius 1 is 0.906 bits per heavy atom. The first-order valence-electron chi connectivity index (χ1n) is 9.80. The lowest BCUT2D eigenvalue weighted by molar-refractivity contribution is -0.119. The molecule has 3 aromatic rings. The zero-order valence-corrected chi connectivity index (χ0v) is 19.2. The van der Waals surface area contributed by atoms with Crippen molar-refractivity contribution in [3.05, 3.63) is 60.2 Å². The van der Waals surface area contributed by atoms with E-state index in [9.17, 15) is 13.2 Å². The Labute approximate surface area is 187 Å². The molecule has 1 N–H and O–H groups in total. The number of nitrogens with one attached hydrogen (secondary N) is 1. The highest BCUT2D eigenvalue weighted by Crippen LogP contribution is 2.39. The number of hydrogen-bond acceptors (Lipinski definition) is 6. The average molecular weight is 459 g/mol. The van der Waals surface area contributed by atoms with E-state index in [0.717, 1.165) is 21.3 Å². The van der Waals surface area contributed by atoms with Gasteiger partial charge in [0.15, 0.2) is 11.5 Å². The van der Waals surface area contributed by atoms with Gasteiger partial charge in [0.25, 0.3) is 0 Å². The largest absolute Gasteiger partial charge is 0.493 e. The molecule has 0 aliphatic heterocycles. The van der Waals surface area contributed by atoms with Crippen LogP contribution in [0.25, 0.3) is 10.8 Å². The van der Waals surface area contributed by atoms with Crippen molar-refractivity contribution in [1.29, 1.82) is 0 Å². The minimum absolute atomic E-state index is 0.121. The highest BCUT2D eigenvalue weighted by Gasteiger charge is 2.23. The van der Waals surface area contributed by atoms with Crippen LogP contribution in [0.4, 0.5) is 5.69 Å². The van der Waals surface area contributed by atoms with E-state index in [4.69, 9.17) is 14.2 Å². The number of fused-ring (bicyclic) bond motifs is 1. The summed E-state index contributed by atoms with van der Waals surface area (Å²) in [6.45, 7) is -0.238. The molecule has 0 fully saturated rings. The maximum absolute atomic E-state index is 12.7. The van der Waals surface area contributed by atoms with Crippen LogP contribution in [-0.2, 0) is 21.4 Å². The summed E-state index contributed by atoms with van der Waals surface area (Å²) in [5.41, 5.74) is 1.11. The van der Waals surface area contributed by atoms with Crippen molar-refractivity contribution in [1.82, 2.24) is 5.32 Å². The fraction of sp³-hybridized carbons (Fsp3) is 0.261. The smallest absolute Gasteiger partial charge is 0.241 e. The molecule has 32 heavy (non-hydrogen) atoms. The first-order valence-corrected chi connectivity index (χ1v) is 11.6. The molecule has 0 atom stereocenters. The quantitative estimate of drug-likeness (QED) is 0.530. The SMILES string of the molecule is COc1ccc(CNC(=O)CN(c2cccc3ccccc23)S(C)(=O)=O)c(OC)c1OC. The summed E-state index contributed by atoms with van der Waals surface area (Å²) < 4.78 is 42.2. The predicted molar refractivity (Wildman–Crippen MR) is 124 cm³/mol. The standard InChI is InChI=1S/C23H26N2O6S/c1-29-20-13-12-17(22(30-2)23(20)31-3)14-24-21(26)15-25(32(4,27)28)19-11-7-9-16-8-5-6-10-18(16)19/h5-13H,14-15H2,1-4H3,(H,24,26). The highest BCUT2D eigenvalue weighted by atomic mass is 32.2. The fourth-order valence-electron chi connectivity index (χ4n) is 3.49. The molecule has 1 amide bonds. The van der Waals surface area contributed by atoms with E-state index < -0.39 is 15.9 Å². The number of benzene rings is 3. The zero-order valence-electron chi connectivity index (χ0n) is 18.4. The molecule has 0 heterocycles. The van der Waals surface area contributed by atoms with Crippen molar-refractivity contribution in [3.63, 3.8) is 0 Å². The highest BCUT2D eigenvalue weighted by molar-refractivity contribution is 7.92. The van der Waals surface area contributed by atoms with Crippen molar-refractivity contribution in [2.45, 2.75) is 6.54 Å². The molecular formula is C23H26N2O6S. The van der Waals surface area contributed by atoms with E-state index >= 15 is 0 Å². The Morgan fingerprint density at radius 2 is 1.59 bits per heavy atom. The number of sulfonamides is 1.